The van der Waals surface area contributed by atoms with Crippen LogP contribution in [0.4, 0.5) is 0 Å². The number of allylic oxidation sites excluding steroid dienone is 1. The Morgan fingerprint density at radius 2 is 2.00 bits per heavy atom. The molecule has 1 rings (SSSR count). The highest BCUT2D eigenvalue weighted by Gasteiger charge is 1.93. The van der Waals surface area contributed by atoms with Crippen molar-refractivity contribution in [3.8, 4) is 0 Å². The van der Waals surface area contributed by atoms with Gasteiger partial charge in [0.25, 0.3) is 0 Å². The molecule has 0 heterocycles. The lowest BCUT2D eigenvalue weighted by Crippen LogP contribution is -1.80. The first kappa shape index (κ1) is 10.1. The number of aldehydes is 1. The zero-order chi connectivity index (χ0) is 9.52. The zero-order valence-electron chi connectivity index (χ0n) is 7.40. The van der Waals surface area contributed by atoms with Crippen LogP contribution in [0.3, 0.4) is 0 Å². The van der Waals surface area contributed by atoms with Gasteiger partial charge in [-0.25, -0.2) is 0 Å². The standard InChI is InChI=1S/C11H12OS/c1-2-3-8-13-11-6-4-10(9-12)5-7-11/h2,4-7,9H,1,3,8H2. The molecule has 0 amide bonds. The first-order valence-electron chi connectivity index (χ1n) is 4.16. The van der Waals surface area contributed by atoms with Gasteiger partial charge in [0, 0.05) is 16.2 Å². The first-order chi connectivity index (χ1) is 6.36. The summed E-state index contributed by atoms with van der Waals surface area (Å²) in [5.41, 5.74) is 0.730. The van der Waals surface area contributed by atoms with Crippen LogP contribution in [0.2, 0.25) is 0 Å². The second-order valence-corrected chi connectivity index (χ2v) is 3.78. The van der Waals surface area contributed by atoms with Crippen molar-refractivity contribution in [2.45, 2.75) is 11.3 Å². The highest BCUT2D eigenvalue weighted by atomic mass is 32.2. The molecule has 1 aromatic rings. The van der Waals surface area contributed by atoms with Crippen molar-refractivity contribution >= 4 is 18.0 Å². The van der Waals surface area contributed by atoms with Crippen LogP contribution in [0.1, 0.15) is 16.8 Å². The van der Waals surface area contributed by atoms with Gasteiger partial charge in [0.05, 0.1) is 0 Å². The average molecular weight is 192 g/mol. The van der Waals surface area contributed by atoms with E-state index in [4.69, 9.17) is 0 Å². The van der Waals surface area contributed by atoms with Gasteiger partial charge < -0.3 is 0 Å². The molecule has 68 valence electrons. The highest BCUT2D eigenvalue weighted by molar-refractivity contribution is 7.99. The lowest BCUT2D eigenvalue weighted by atomic mass is 10.2. The van der Waals surface area contributed by atoms with Crippen LogP contribution in [0.25, 0.3) is 0 Å². The molecule has 13 heavy (non-hydrogen) atoms. The molecule has 0 aliphatic heterocycles. The van der Waals surface area contributed by atoms with Gasteiger partial charge >= 0.3 is 0 Å². The number of thioether (sulfide) groups is 1. The Morgan fingerprint density at radius 3 is 2.54 bits per heavy atom. The minimum Gasteiger partial charge on any atom is -0.298 e. The molecule has 0 aliphatic carbocycles. The fraction of sp³-hybridized carbons (Fsp3) is 0.182. The summed E-state index contributed by atoms with van der Waals surface area (Å²) in [4.78, 5) is 11.6. The van der Waals surface area contributed by atoms with Crippen LogP contribution < -0.4 is 0 Å². The normalized spacial score (nSPS) is 9.54. The van der Waals surface area contributed by atoms with Crippen molar-refractivity contribution < 1.29 is 4.79 Å². The Bertz CT molecular complexity index is 277. The Hall–Kier alpha value is -1.02. The number of carbonyl (C=O) groups excluding carboxylic acids is 1. The summed E-state index contributed by atoms with van der Waals surface area (Å²) >= 11 is 1.78. The lowest BCUT2D eigenvalue weighted by Gasteiger charge is -1.98. The third-order valence-corrected chi connectivity index (χ3v) is 2.65. The van der Waals surface area contributed by atoms with E-state index in [1.54, 1.807) is 11.8 Å². The molecule has 0 atom stereocenters. The van der Waals surface area contributed by atoms with Crippen LogP contribution in [-0.4, -0.2) is 12.0 Å². The van der Waals surface area contributed by atoms with E-state index >= 15 is 0 Å². The van der Waals surface area contributed by atoms with E-state index in [2.05, 4.69) is 6.58 Å². The summed E-state index contributed by atoms with van der Waals surface area (Å²) in [5.74, 6) is 1.05. The monoisotopic (exact) mass is 192 g/mol. The number of benzene rings is 1. The SMILES string of the molecule is C=CCCSc1ccc(C=O)cc1. The minimum atomic E-state index is 0.730. The van der Waals surface area contributed by atoms with Crippen LogP contribution in [0.15, 0.2) is 41.8 Å². The second-order valence-electron chi connectivity index (χ2n) is 2.61. The molecule has 0 aliphatic rings. The van der Waals surface area contributed by atoms with Crippen molar-refractivity contribution in [1.29, 1.82) is 0 Å². The highest BCUT2D eigenvalue weighted by Crippen LogP contribution is 2.18. The molecule has 0 N–H and O–H groups in total. The Labute approximate surface area is 82.9 Å². The summed E-state index contributed by atoms with van der Waals surface area (Å²) in [6.45, 7) is 3.66. The van der Waals surface area contributed by atoms with E-state index in [0.29, 0.717) is 0 Å². The van der Waals surface area contributed by atoms with Gasteiger partial charge in [-0.1, -0.05) is 18.2 Å². The maximum Gasteiger partial charge on any atom is 0.150 e. The lowest BCUT2D eigenvalue weighted by molar-refractivity contribution is 0.112. The molecule has 0 radical (unpaired) electrons. The average Bonchev–Trinajstić information content (AvgIpc) is 2.19. The number of hydrogen-bond acceptors (Lipinski definition) is 2. The summed E-state index contributed by atoms with van der Waals surface area (Å²) in [7, 11) is 0. The molecule has 0 aromatic heterocycles. The zero-order valence-corrected chi connectivity index (χ0v) is 8.22. The maximum absolute atomic E-state index is 10.4. The van der Waals surface area contributed by atoms with Gasteiger partial charge in [-0.2, -0.15) is 0 Å². The molecule has 0 unspecified atom stereocenters. The minimum absolute atomic E-state index is 0.730. The van der Waals surface area contributed by atoms with Gasteiger partial charge in [-0.05, 0) is 18.6 Å². The number of carbonyl (C=O) groups is 1. The molecule has 0 bridgehead atoms. The molecule has 1 aromatic carbocycles. The first-order valence-corrected chi connectivity index (χ1v) is 5.14. The van der Waals surface area contributed by atoms with E-state index in [-0.39, 0.29) is 0 Å². The van der Waals surface area contributed by atoms with Gasteiger partial charge in [0.2, 0.25) is 0 Å². The summed E-state index contributed by atoms with van der Waals surface area (Å²) in [6, 6.07) is 7.61. The molecule has 2 heteroatoms. The van der Waals surface area contributed by atoms with Crippen LogP contribution >= 0.6 is 11.8 Å². The molecule has 1 nitrogen and oxygen atoms in total. The molecule has 0 saturated heterocycles. The quantitative estimate of drug-likeness (QED) is 0.308. The van der Waals surface area contributed by atoms with Crippen LogP contribution in [0, 0.1) is 0 Å². The van der Waals surface area contributed by atoms with Gasteiger partial charge in [-0.3, -0.25) is 4.79 Å². The van der Waals surface area contributed by atoms with Crippen molar-refractivity contribution in [2.24, 2.45) is 0 Å². The molecule has 0 spiro atoms. The van der Waals surface area contributed by atoms with Crippen molar-refractivity contribution in [3.63, 3.8) is 0 Å². The predicted octanol–water partition coefficient (Wildman–Crippen LogP) is 3.17. The maximum atomic E-state index is 10.4. The summed E-state index contributed by atoms with van der Waals surface area (Å²) < 4.78 is 0. The fourth-order valence-electron chi connectivity index (χ4n) is 0.903. The summed E-state index contributed by atoms with van der Waals surface area (Å²) in [5, 5.41) is 0. The van der Waals surface area contributed by atoms with E-state index in [1.807, 2.05) is 30.3 Å². The summed E-state index contributed by atoms with van der Waals surface area (Å²) in [6.07, 6.45) is 3.78. The Kier molecular flexibility index (Phi) is 4.33. The van der Waals surface area contributed by atoms with Crippen LogP contribution in [0.5, 0.6) is 0 Å². The Balaban J connectivity index is 2.48. The van der Waals surface area contributed by atoms with Crippen molar-refractivity contribution in [1.82, 2.24) is 0 Å². The molecular weight excluding hydrogens is 180 g/mol. The van der Waals surface area contributed by atoms with E-state index < -0.39 is 0 Å². The number of rotatable bonds is 5. The van der Waals surface area contributed by atoms with E-state index in [1.165, 1.54) is 4.90 Å². The third kappa shape index (κ3) is 3.47. The van der Waals surface area contributed by atoms with Crippen LogP contribution in [-0.2, 0) is 0 Å². The Morgan fingerprint density at radius 1 is 1.31 bits per heavy atom. The topological polar surface area (TPSA) is 17.1 Å². The second kappa shape index (κ2) is 5.60. The van der Waals surface area contributed by atoms with Gasteiger partial charge in [0.1, 0.15) is 6.29 Å². The predicted molar refractivity (Wildman–Crippen MR) is 57.4 cm³/mol. The molecule has 0 fully saturated rings. The largest absolute Gasteiger partial charge is 0.298 e. The molecular formula is C11H12OS. The number of hydrogen-bond donors (Lipinski definition) is 0. The van der Waals surface area contributed by atoms with Gasteiger partial charge in [0.15, 0.2) is 0 Å². The van der Waals surface area contributed by atoms with E-state index in [0.717, 1.165) is 24.0 Å². The third-order valence-electron chi connectivity index (χ3n) is 1.61. The van der Waals surface area contributed by atoms with Gasteiger partial charge in [-0.15, -0.1) is 18.3 Å². The fourth-order valence-corrected chi connectivity index (χ4v) is 1.75. The molecule has 0 saturated carbocycles. The van der Waals surface area contributed by atoms with E-state index in [9.17, 15) is 4.79 Å². The smallest absolute Gasteiger partial charge is 0.150 e. The van der Waals surface area contributed by atoms with Crippen molar-refractivity contribution in [3.05, 3.63) is 42.5 Å². The van der Waals surface area contributed by atoms with Crippen molar-refractivity contribution in [2.75, 3.05) is 5.75 Å².